The van der Waals surface area contributed by atoms with Gasteiger partial charge in [0.25, 0.3) is 5.69 Å². The standard InChI is InChI=1S/C13H20N4O2/c1-4-14-11-7-10(17(18)19)8-12(15-11)16-6-5-13(2,3)9-16/h7-8H,4-6,9H2,1-3H3,(H,14,15). The number of pyridine rings is 1. The van der Waals surface area contributed by atoms with E-state index in [4.69, 9.17) is 0 Å². The number of rotatable bonds is 4. The molecule has 2 heterocycles. The smallest absolute Gasteiger partial charge is 0.276 e. The molecule has 1 aliphatic heterocycles. The van der Waals surface area contributed by atoms with E-state index in [0.29, 0.717) is 18.2 Å². The van der Waals surface area contributed by atoms with Crippen molar-refractivity contribution in [1.82, 2.24) is 4.98 Å². The van der Waals surface area contributed by atoms with Crippen LogP contribution >= 0.6 is 0 Å². The molecule has 6 nitrogen and oxygen atoms in total. The summed E-state index contributed by atoms with van der Waals surface area (Å²) < 4.78 is 0. The second-order valence-corrected chi connectivity index (χ2v) is 5.69. The van der Waals surface area contributed by atoms with Gasteiger partial charge in [0.2, 0.25) is 0 Å². The Balaban J connectivity index is 2.31. The minimum absolute atomic E-state index is 0.0886. The predicted molar refractivity (Wildman–Crippen MR) is 75.7 cm³/mol. The van der Waals surface area contributed by atoms with Crippen LogP contribution < -0.4 is 10.2 Å². The van der Waals surface area contributed by atoms with Crippen molar-refractivity contribution in [3.63, 3.8) is 0 Å². The molecule has 1 fully saturated rings. The van der Waals surface area contributed by atoms with Gasteiger partial charge in [-0.1, -0.05) is 13.8 Å². The zero-order valence-corrected chi connectivity index (χ0v) is 11.6. The van der Waals surface area contributed by atoms with E-state index >= 15 is 0 Å². The van der Waals surface area contributed by atoms with E-state index in [0.717, 1.165) is 19.5 Å². The Morgan fingerprint density at radius 3 is 2.79 bits per heavy atom. The maximum atomic E-state index is 11.0. The van der Waals surface area contributed by atoms with Crippen molar-refractivity contribution < 1.29 is 4.92 Å². The van der Waals surface area contributed by atoms with E-state index in [9.17, 15) is 10.1 Å². The van der Waals surface area contributed by atoms with Crippen LogP contribution in [0.2, 0.25) is 0 Å². The Kier molecular flexibility index (Phi) is 3.59. The first kappa shape index (κ1) is 13.6. The molecule has 0 radical (unpaired) electrons. The molecular weight excluding hydrogens is 244 g/mol. The van der Waals surface area contributed by atoms with Gasteiger partial charge in [0.1, 0.15) is 11.6 Å². The first-order valence-corrected chi connectivity index (χ1v) is 6.56. The first-order chi connectivity index (χ1) is 8.91. The van der Waals surface area contributed by atoms with Crippen LogP contribution in [0.15, 0.2) is 12.1 Å². The maximum Gasteiger partial charge on any atom is 0.276 e. The molecule has 104 valence electrons. The highest BCUT2D eigenvalue weighted by atomic mass is 16.6. The van der Waals surface area contributed by atoms with Crippen molar-refractivity contribution in [1.29, 1.82) is 0 Å². The number of aromatic nitrogens is 1. The summed E-state index contributed by atoms with van der Waals surface area (Å²) in [6, 6.07) is 3.04. The lowest BCUT2D eigenvalue weighted by Crippen LogP contribution is -2.24. The van der Waals surface area contributed by atoms with Crippen molar-refractivity contribution in [3.05, 3.63) is 22.2 Å². The highest BCUT2D eigenvalue weighted by molar-refractivity contribution is 5.56. The lowest BCUT2D eigenvalue weighted by molar-refractivity contribution is -0.384. The zero-order chi connectivity index (χ0) is 14.0. The topological polar surface area (TPSA) is 71.3 Å². The molecule has 19 heavy (non-hydrogen) atoms. The second-order valence-electron chi connectivity index (χ2n) is 5.69. The SMILES string of the molecule is CCNc1cc([N+](=O)[O-])cc(N2CCC(C)(C)C2)n1. The molecule has 1 aromatic rings. The number of nitro groups is 1. The Morgan fingerprint density at radius 1 is 1.53 bits per heavy atom. The molecule has 6 heteroatoms. The van der Waals surface area contributed by atoms with Gasteiger partial charge in [-0.05, 0) is 18.8 Å². The lowest BCUT2D eigenvalue weighted by Gasteiger charge is -2.21. The number of hydrogen-bond donors (Lipinski definition) is 1. The molecule has 0 aliphatic carbocycles. The minimum atomic E-state index is -0.368. The molecule has 2 rings (SSSR count). The highest BCUT2D eigenvalue weighted by Gasteiger charge is 2.30. The highest BCUT2D eigenvalue weighted by Crippen LogP contribution is 2.33. The Bertz CT molecular complexity index is 488. The third kappa shape index (κ3) is 3.13. The molecule has 0 atom stereocenters. The van der Waals surface area contributed by atoms with Gasteiger partial charge in [-0.25, -0.2) is 4.98 Å². The van der Waals surface area contributed by atoms with E-state index in [2.05, 4.69) is 29.0 Å². The summed E-state index contributed by atoms with van der Waals surface area (Å²) in [5, 5.41) is 14.0. The number of nitrogens with zero attached hydrogens (tertiary/aromatic N) is 3. The molecule has 1 aromatic heterocycles. The molecule has 1 N–H and O–H groups in total. The summed E-state index contributed by atoms with van der Waals surface area (Å²) >= 11 is 0. The molecular formula is C13H20N4O2. The second kappa shape index (κ2) is 5.03. The monoisotopic (exact) mass is 264 g/mol. The lowest BCUT2D eigenvalue weighted by atomic mass is 9.93. The summed E-state index contributed by atoms with van der Waals surface area (Å²) in [6.45, 7) is 8.82. The van der Waals surface area contributed by atoms with Crippen LogP contribution in [-0.2, 0) is 0 Å². The predicted octanol–water partition coefficient (Wildman–Crippen LogP) is 2.66. The van der Waals surface area contributed by atoms with Crippen molar-refractivity contribution >= 4 is 17.3 Å². The summed E-state index contributed by atoms with van der Waals surface area (Å²) in [5.74, 6) is 1.26. The van der Waals surface area contributed by atoms with Crippen LogP contribution in [0.5, 0.6) is 0 Å². The largest absolute Gasteiger partial charge is 0.370 e. The van der Waals surface area contributed by atoms with Crippen molar-refractivity contribution in [2.75, 3.05) is 29.9 Å². The summed E-state index contributed by atoms with van der Waals surface area (Å²) in [6.07, 6.45) is 1.08. The van der Waals surface area contributed by atoms with Crippen LogP contribution in [0, 0.1) is 15.5 Å². The van der Waals surface area contributed by atoms with Gasteiger partial charge >= 0.3 is 0 Å². The fraction of sp³-hybridized carbons (Fsp3) is 0.615. The molecule has 0 saturated carbocycles. The van der Waals surface area contributed by atoms with E-state index in [1.807, 2.05) is 6.92 Å². The summed E-state index contributed by atoms with van der Waals surface area (Å²) in [5.41, 5.74) is 0.329. The number of hydrogen-bond acceptors (Lipinski definition) is 5. The maximum absolute atomic E-state index is 11.0. The molecule has 1 aliphatic rings. The molecule has 0 bridgehead atoms. The average molecular weight is 264 g/mol. The Labute approximate surface area is 113 Å². The van der Waals surface area contributed by atoms with Crippen molar-refractivity contribution in [3.8, 4) is 0 Å². The fourth-order valence-corrected chi connectivity index (χ4v) is 2.35. The van der Waals surface area contributed by atoms with Crippen molar-refractivity contribution in [2.24, 2.45) is 5.41 Å². The minimum Gasteiger partial charge on any atom is -0.370 e. The van der Waals surface area contributed by atoms with Gasteiger partial charge in [-0.2, -0.15) is 0 Å². The quantitative estimate of drug-likeness (QED) is 0.668. The van der Waals surface area contributed by atoms with Crippen LogP contribution in [0.25, 0.3) is 0 Å². The normalized spacial score (nSPS) is 17.5. The molecule has 0 spiro atoms. The van der Waals surface area contributed by atoms with Crippen LogP contribution in [0.4, 0.5) is 17.3 Å². The summed E-state index contributed by atoms with van der Waals surface area (Å²) in [4.78, 5) is 17.2. The van der Waals surface area contributed by atoms with Crippen molar-refractivity contribution in [2.45, 2.75) is 27.2 Å². The first-order valence-electron chi connectivity index (χ1n) is 6.56. The zero-order valence-electron chi connectivity index (χ0n) is 11.6. The summed E-state index contributed by atoms with van der Waals surface area (Å²) in [7, 11) is 0. The van der Waals surface area contributed by atoms with E-state index in [1.54, 1.807) is 6.07 Å². The number of nitrogens with one attached hydrogen (secondary N) is 1. The van der Waals surface area contributed by atoms with E-state index < -0.39 is 0 Å². The number of anilines is 2. The third-order valence-electron chi connectivity index (χ3n) is 3.37. The molecule has 0 amide bonds. The van der Waals surface area contributed by atoms with E-state index in [1.165, 1.54) is 6.07 Å². The van der Waals surface area contributed by atoms with Gasteiger partial charge in [0.15, 0.2) is 0 Å². The molecule has 0 unspecified atom stereocenters. The van der Waals surface area contributed by atoms with Crippen LogP contribution in [0.1, 0.15) is 27.2 Å². The van der Waals surface area contributed by atoms with Crippen LogP contribution in [-0.4, -0.2) is 29.5 Å². The molecule has 0 aromatic carbocycles. The third-order valence-corrected chi connectivity index (χ3v) is 3.37. The Morgan fingerprint density at radius 2 is 2.26 bits per heavy atom. The van der Waals surface area contributed by atoms with Gasteiger partial charge in [-0.3, -0.25) is 10.1 Å². The Hall–Kier alpha value is -1.85. The van der Waals surface area contributed by atoms with Gasteiger partial charge in [0, 0.05) is 19.6 Å². The van der Waals surface area contributed by atoms with Gasteiger partial charge in [-0.15, -0.1) is 0 Å². The van der Waals surface area contributed by atoms with E-state index in [-0.39, 0.29) is 16.0 Å². The van der Waals surface area contributed by atoms with Gasteiger partial charge < -0.3 is 10.2 Å². The van der Waals surface area contributed by atoms with Gasteiger partial charge in [0.05, 0.1) is 17.1 Å². The van der Waals surface area contributed by atoms with Crippen LogP contribution in [0.3, 0.4) is 0 Å². The average Bonchev–Trinajstić information content (AvgIpc) is 2.70. The fourth-order valence-electron chi connectivity index (χ4n) is 2.35. The molecule has 1 saturated heterocycles.